The third kappa shape index (κ3) is 7.57. The summed E-state index contributed by atoms with van der Waals surface area (Å²) in [5.41, 5.74) is 0.437. The van der Waals surface area contributed by atoms with Crippen molar-refractivity contribution in [2.45, 2.75) is 38.3 Å². The zero-order chi connectivity index (χ0) is 28.6. The number of halogens is 1. The van der Waals surface area contributed by atoms with Gasteiger partial charge in [-0.05, 0) is 55.3 Å². The zero-order valence-electron chi connectivity index (χ0n) is 22.5. The maximum Gasteiger partial charge on any atom is 0.264 e. The molecule has 3 rings (SSSR count). The summed E-state index contributed by atoms with van der Waals surface area (Å²) >= 11 is 0. The summed E-state index contributed by atoms with van der Waals surface area (Å²) in [6.07, 6.45) is 0. The zero-order valence-corrected chi connectivity index (χ0v) is 23.3. The average molecular weight is 556 g/mol. The fourth-order valence-corrected chi connectivity index (χ4v) is 5.28. The Kier molecular flexibility index (Phi) is 10.1. The van der Waals surface area contributed by atoms with E-state index in [-0.39, 0.29) is 28.6 Å². The number of carbonyl (C=O) groups is 2. The van der Waals surface area contributed by atoms with Crippen LogP contribution in [0.1, 0.15) is 26.3 Å². The first-order valence-electron chi connectivity index (χ1n) is 12.6. The van der Waals surface area contributed by atoms with Gasteiger partial charge in [0.25, 0.3) is 10.0 Å². The van der Waals surface area contributed by atoms with E-state index in [1.807, 2.05) is 13.8 Å². The molecule has 10 heteroatoms. The smallest absolute Gasteiger partial charge is 0.264 e. The van der Waals surface area contributed by atoms with E-state index in [0.29, 0.717) is 12.3 Å². The van der Waals surface area contributed by atoms with E-state index in [4.69, 9.17) is 4.74 Å². The van der Waals surface area contributed by atoms with E-state index in [1.54, 1.807) is 36.4 Å². The molecule has 1 N–H and O–H groups in total. The van der Waals surface area contributed by atoms with E-state index in [1.165, 1.54) is 61.4 Å². The summed E-state index contributed by atoms with van der Waals surface area (Å²) in [6, 6.07) is 19.0. The monoisotopic (exact) mass is 555 g/mol. The van der Waals surface area contributed by atoms with Crippen LogP contribution in [0.4, 0.5) is 10.1 Å². The molecule has 0 saturated heterocycles. The van der Waals surface area contributed by atoms with Gasteiger partial charge in [0.1, 0.15) is 24.2 Å². The summed E-state index contributed by atoms with van der Waals surface area (Å²) < 4.78 is 48.2. The van der Waals surface area contributed by atoms with Gasteiger partial charge in [0.05, 0.1) is 17.7 Å². The minimum absolute atomic E-state index is 0.00278. The molecule has 0 aromatic heterocycles. The van der Waals surface area contributed by atoms with Gasteiger partial charge in [0.2, 0.25) is 11.8 Å². The molecule has 8 nitrogen and oxygen atoms in total. The molecule has 39 heavy (non-hydrogen) atoms. The molecular formula is C29H34FN3O5S. The maximum absolute atomic E-state index is 14.6. The number of methoxy groups -OCH3 is 1. The Morgan fingerprint density at radius 3 is 2.13 bits per heavy atom. The highest BCUT2D eigenvalue weighted by atomic mass is 32.2. The molecule has 1 atom stereocenters. The van der Waals surface area contributed by atoms with E-state index >= 15 is 0 Å². The predicted octanol–water partition coefficient (Wildman–Crippen LogP) is 4.22. The summed E-state index contributed by atoms with van der Waals surface area (Å²) in [6.45, 7) is 4.98. The third-order valence-electron chi connectivity index (χ3n) is 6.12. The maximum atomic E-state index is 14.6. The van der Waals surface area contributed by atoms with Crippen molar-refractivity contribution in [3.05, 3.63) is 90.2 Å². The fraction of sp³-hybridized carbons (Fsp3) is 0.310. The molecule has 2 amide bonds. The number of hydrogen-bond acceptors (Lipinski definition) is 5. The lowest BCUT2D eigenvalue weighted by Crippen LogP contribution is -2.51. The van der Waals surface area contributed by atoms with E-state index in [2.05, 4.69) is 5.32 Å². The summed E-state index contributed by atoms with van der Waals surface area (Å²) in [5.74, 6) is -0.928. The molecule has 0 spiro atoms. The van der Waals surface area contributed by atoms with Crippen LogP contribution in [0.25, 0.3) is 0 Å². The molecule has 0 radical (unpaired) electrons. The van der Waals surface area contributed by atoms with Crippen LogP contribution in [0, 0.1) is 11.7 Å². The second-order valence-corrected chi connectivity index (χ2v) is 11.3. The van der Waals surface area contributed by atoms with Crippen molar-refractivity contribution in [1.82, 2.24) is 10.2 Å². The van der Waals surface area contributed by atoms with Crippen LogP contribution >= 0.6 is 0 Å². The van der Waals surface area contributed by atoms with Crippen LogP contribution in [0.15, 0.2) is 83.8 Å². The van der Waals surface area contributed by atoms with Crippen LogP contribution < -0.4 is 14.4 Å². The van der Waals surface area contributed by atoms with Gasteiger partial charge in [-0.2, -0.15) is 0 Å². The van der Waals surface area contributed by atoms with Crippen LogP contribution in [0.5, 0.6) is 5.75 Å². The number of sulfonamides is 1. The summed E-state index contributed by atoms with van der Waals surface area (Å²) in [5, 5.41) is 2.80. The number of nitrogens with one attached hydrogen (secondary N) is 1. The molecule has 0 aliphatic rings. The molecule has 1 unspecified atom stereocenters. The Labute approximate surface area is 229 Å². The molecule has 3 aromatic carbocycles. The number of anilines is 1. The van der Waals surface area contributed by atoms with Gasteiger partial charge in [-0.1, -0.05) is 50.2 Å². The number of hydrogen-bond donors (Lipinski definition) is 1. The van der Waals surface area contributed by atoms with Crippen LogP contribution in [-0.2, 0) is 26.2 Å². The van der Waals surface area contributed by atoms with Crippen molar-refractivity contribution >= 4 is 27.5 Å². The molecular weight excluding hydrogens is 521 g/mol. The van der Waals surface area contributed by atoms with Crippen molar-refractivity contribution in [3.63, 3.8) is 0 Å². The van der Waals surface area contributed by atoms with Crippen molar-refractivity contribution in [2.75, 3.05) is 24.5 Å². The highest BCUT2D eigenvalue weighted by molar-refractivity contribution is 7.92. The van der Waals surface area contributed by atoms with Gasteiger partial charge in [0, 0.05) is 18.7 Å². The first kappa shape index (κ1) is 29.6. The lowest BCUT2D eigenvalue weighted by molar-refractivity contribution is -0.139. The fourth-order valence-electron chi connectivity index (χ4n) is 3.84. The lowest BCUT2D eigenvalue weighted by Gasteiger charge is -2.32. The minimum atomic E-state index is -4.18. The molecule has 0 bridgehead atoms. The molecule has 0 aliphatic carbocycles. The first-order valence-corrected chi connectivity index (χ1v) is 14.0. The highest BCUT2D eigenvalue weighted by Gasteiger charge is 2.32. The quantitative estimate of drug-likeness (QED) is 0.361. The number of benzene rings is 3. The molecule has 0 fully saturated rings. The second kappa shape index (κ2) is 13.2. The highest BCUT2D eigenvalue weighted by Crippen LogP contribution is 2.26. The lowest BCUT2D eigenvalue weighted by atomic mass is 10.1. The van der Waals surface area contributed by atoms with E-state index < -0.39 is 40.2 Å². The van der Waals surface area contributed by atoms with Gasteiger partial charge in [-0.15, -0.1) is 0 Å². The largest absolute Gasteiger partial charge is 0.497 e. The summed E-state index contributed by atoms with van der Waals surface area (Å²) in [4.78, 5) is 28.0. The topological polar surface area (TPSA) is 96.0 Å². The predicted molar refractivity (Wildman–Crippen MR) is 148 cm³/mol. The Balaban J connectivity index is 2.01. The van der Waals surface area contributed by atoms with Crippen LogP contribution in [0.3, 0.4) is 0 Å². The van der Waals surface area contributed by atoms with Crippen molar-refractivity contribution in [1.29, 1.82) is 0 Å². The minimum Gasteiger partial charge on any atom is -0.497 e. The van der Waals surface area contributed by atoms with E-state index in [0.717, 1.165) is 4.31 Å². The Morgan fingerprint density at radius 1 is 0.923 bits per heavy atom. The first-order chi connectivity index (χ1) is 18.5. The van der Waals surface area contributed by atoms with Gasteiger partial charge in [0.15, 0.2) is 0 Å². The molecule has 0 saturated carbocycles. The molecule has 3 aromatic rings. The number of amides is 2. The van der Waals surface area contributed by atoms with Gasteiger partial charge in [-0.3, -0.25) is 13.9 Å². The number of carbonyl (C=O) groups excluding carboxylic acids is 2. The van der Waals surface area contributed by atoms with Gasteiger partial charge < -0.3 is 15.0 Å². The molecule has 0 aliphatic heterocycles. The van der Waals surface area contributed by atoms with Gasteiger partial charge in [-0.25, -0.2) is 12.8 Å². The van der Waals surface area contributed by atoms with E-state index in [9.17, 15) is 22.4 Å². The summed E-state index contributed by atoms with van der Waals surface area (Å²) in [7, 11) is -2.69. The second-order valence-electron chi connectivity index (χ2n) is 9.45. The standard InChI is InChI=1S/C29H34FN3O5S/c1-21(2)18-31-29(35)22(3)32(19-23-10-8-9-13-27(23)30)28(34)20-33(24-14-16-25(38-4)17-15-24)39(36,37)26-11-6-5-7-12-26/h5-17,21-22H,18-20H2,1-4H3,(H,31,35). The van der Waals surface area contributed by atoms with Crippen molar-refractivity contribution in [2.24, 2.45) is 5.92 Å². The molecule has 0 heterocycles. The Hall–Kier alpha value is -3.92. The number of ether oxygens (including phenoxy) is 1. The van der Waals surface area contributed by atoms with Crippen LogP contribution in [0.2, 0.25) is 0 Å². The average Bonchev–Trinajstić information content (AvgIpc) is 2.94. The Morgan fingerprint density at radius 2 is 1.54 bits per heavy atom. The van der Waals surface area contributed by atoms with Crippen molar-refractivity contribution < 1.29 is 27.1 Å². The molecule has 208 valence electrons. The third-order valence-corrected chi connectivity index (χ3v) is 7.91. The SMILES string of the molecule is COc1ccc(N(CC(=O)N(Cc2ccccc2F)C(C)C(=O)NCC(C)C)S(=O)(=O)c2ccccc2)cc1. The number of nitrogens with zero attached hydrogens (tertiary/aromatic N) is 2. The van der Waals surface area contributed by atoms with Crippen LogP contribution in [-0.4, -0.2) is 51.4 Å². The Bertz CT molecular complexity index is 1370. The van der Waals surface area contributed by atoms with Crippen molar-refractivity contribution in [3.8, 4) is 5.75 Å². The normalized spacial score (nSPS) is 12.1. The number of rotatable bonds is 12. The van der Waals surface area contributed by atoms with Gasteiger partial charge >= 0.3 is 0 Å².